The zero-order chi connectivity index (χ0) is 10.7. The number of benzene rings is 1. The largest absolute Gasteiger partial charge is 0.494 e. The monoisotopic (exact) mass is 241 g/mol. The fraction of sp³-hybridized carbons (Fsp3) is 0.538. The molecule has 2 rings (SSSR count). The Bertz CT molecular complexity index is 308. The molecule has 1 aromatic rings. The number of halogens is 1. The Morgan fingerprint density at radius 3 is 2.44 bits per heavy atom. The minimum absolute atomic E-state index is 0. The summed E-state index contributed by atoms with van der Waals surface area (Å²) >= 11 is 0. The van der Waals surface area contributed by atoms with Gasteiger partial charge in [0.25, 0.3) is 0 Å². The van der Waals surface area contributed by atoms with Gasteiger partial charge in [-0.05, 0) is 37.0 Å². The zero-order valence-corrected chi connectivity index (χ0v) is 10.5. The molecule has 1 aliphatic rings. The van der Waals surface area contributed by atoms with Crippen LogP contribution in [-0.4, -0.2) is 6.61 Å². The lowest BCUT2D eigenvalue weighted by Gasteiger charge is -2.12. The first-order chi connectivity index (χ1) is 7.29. The molecule has 2 N–H and O–H groups in total. The highest BCUT2D eigenvalue weighted by Gasteiger charge is 2.24. The van der Waals surface area contributed by atoms with E-state index in [1.165, 1.54) is 18.4 Å². The highest BCUT2D eigenvalue weighted by molar-refractivity contribution is 5.85. The minimum Gasteiger partial charge on any atom is -0.494 e. The van der Waals surface area contributed by atoms with E-state index < -0.39 is 0 Å². The maximum atomic E-state index is 6.12. The first-order valence-corrected chi connectivity index (χ1v) is 5.78. The summed E-state index contributed by atoms with van der Waals surface area (Å²) in [7, 11) is 0. The fourth-order valence-corrected chi connectivity index (χ4v) is 1.83. The number of nitrogens with two attached hydrogens (primary N) is 1. The highest BCUT2D eigenvalue weighted by Crippen LogP contribution is 2.36. The molecule has 1 fully saturated rings. The molecule has 1 aromatic carbocycles. The molecule has 0 aliphatic heterocycles. The zero-order valence-electron chi connectivity index (χ0n) is 9.69. The molecule has 0 radical (unpaired) electrons. The smallest absolute Gasteiger partial charge is 0.119 e. The first-order valence-electron chi connectivity index (χ1n) is 5.78. The molecule has 0 saturated heterocycles. The van der Waals surface area contributed by atoms with Crippen LogP contribution in [0.2, 0.25) is 0 Å². The summed E-state index contributed by atoms with van der Waals surface area (Å²) < 4.78 is 5.39. The van der Waals surface area contributed by atoms with Crippen molar-refractivity contribution in [2.24, 2.45) is 11.7 Å². The van der Waals surface area contributed by atoms with E-state index in [1.807, 2.05) is 19.1 Å². The summed E-state index contributed by atoms with van der Waals surface area (Å²) in [5.74, 6) is 1.81. The molecule has 1 atom stereocenters. The van der Waals surface area contributed by atoms with Gasteiger partial charge in [0.2, 0.25) is 0 Å². The molecule has 0 spiro atoms. The molecule has 0 heterocycles. The van der Waals surface area contributed by atoms with Gasteiger partial charge in [-0.2, -0.15) is 0 Å². The summed E-state index contributed by atoms with van der Waals surface area (Å²) in [6, 6.07) is 8.38. The van der Waals surface area contributed by atoms with Crippen LogP contribution in [0.15, 0.2) is 24.3 Å². The molecule has 90 valence electrons. The third-order valence-corrected chi connectivity index (χ3v) is 2.90. The quantitative estimate of drug-likeness (QED) is 0.859. The molecule has 1 aliphatic carbocycles. The maximum absolute atomic E-state index is 6.12. The Kier molecular flexibility index (Phi) is 5.10. The van der Waals surface area contributed by atoms with Crippen molar-refractivity contribution in [1.82, 2.24) is 0 Å². The van der Waals surface area contributed by atoms with Gasteiger partial charge < -0.3 is 10.5 Å². The van der Waals surface area contributed by atoms with Crippen LogP contribution >= 0.6 is 12.4 Å². The van der Waals surface area contributed by atoms with Crippen LogP contribution in [0.25, 0.3) is 0 Å². The van der Waals surface area contributed by atoms with Crippen molar-refractivity contribution in [3.05, 3.63) is 29.8 Å². The summed E-state index contributed by atoms with van der Waals surface area (Å²) in [5, 5.41) is 0. The van der Waals surface area contributed by atoms with Crippen molar-refractivity contribution >= 4 is 12.4 Å². The number of ether oxygens (including phenoxy) is 1. The second kappa shape index (κ2) is 6.12. The first kappa shape index (κ1) is 13.3. The third-order valence-electron chi connectivity index (χ3n) is 2.90. The van der Waals surface area contributed by atoms with Crippen LogP contribution in [-0.2, 0) is 0 Å². The second-order valence-electron chi connectivity index (χ2n) is 4.29. The molecule has 16 heavy (non-hydrogen) atoms. The van der Waals surface area contributed by atoms with Crippen LogP contribution in [0, 0.1) is 5.92 Å². The van der Waals surface area contributed by atoms with Gasteiger partial charge in [0, 0.05) is 6.04 Å². The van der Waals surface area contributed by atoms with E-state index in [9.17, 15) is 0 Å². The van der Waals surface area contributed by atoms with Gasteiger partial charge in [-0.15, -0.1) is 12.4 Å². The van der Waals surface area contributed by atoms with Crippen molar-refractivity contribution in [1.29, 1.82) is 0 Å². The normalized spacial score (nSPS) is 16.4. The number of hydrogen-bond donors (Lipinski definition) is 1. The van der Waals surface area contributed by atoms with Gasteiger partial charge in [0.15, 0.2) is 0 Å². The lowest BCUT2D eigenvalue weighted by atomic mass is 10.0. The second-order valence-corrected chi connectivity index (χ2v) is 4.29. The Morgan fingerprint density at radius 2 is 1.94 bits per heavy atom. The van der Waals surface area contributed by atoms with E-state index in [0.717, 1.165) is 18.1 Å². The summed E-state index contributed by atoms with van der Waals surface area (Å²) in [6.45, 7) is 2.71. The molecule has 3 heteroatoms. The highest BCUT2D eigenvalue weighted by atomic mass is 35.5. The lowest BCUT2D eigenvalue weighted by Crippen LogP contribution is -2.10. The van der Waals surface area contributed by atoms with Crippen molar-refractivity contribution in [2.75, 3.05) is 6.61 Å². The number of rotatable bonds is 5. The summed E-state index contributed by atoms with van der Waals surface area (Å²) in [4.78, 5) is 0. The van der Waals surface area contributed by atoms with Gasteiger partial charge in [-0.3, -0.25) is 0 Å². The van der Waals surface area contributed by atoms with Crippen LogP contribution in [0.3, 0.4) is 0 Å². The predicted octanol–water partition coefficient (Wildman–Crippen LogP) is 3.31. The van der Waals surface area contributed by atoms with E-state index >= 15 is 0 Å². The van der Waals surface area contributed by atoms with E-state index in [2.05, 4.69) is 12.1 Å². The molecule has 0 aromatic heterocycles. The molecular formula is C13H20ClNO. The van der Waals surface area contributed by atoms with Crippen molar-refractivity contribution in [3.63, 3.8) is 0 Å². The minimum atomic E-state index is 0. The van der Waals surface area contributed by atoms with Crippen LogP contribution in [0.1, 0.15) is 37.8 Å². The number of hydrogen-bond acceptors (Lipinski definition) is 2. The Labute approximate surface area is 104 Å². The van der Waals surface area contributed by atoms with Crippen molar-refractivity contribution in [3.8, 4) is 5.75 Å². The standard InChI is InChI=1S/C13H19NO.ClH/c1-2-15-12-7-5-11(6-8-12)13(14)9-10-3-4-10;/h5-8,10,13H,2-4,9,14H2,1H3;1H/t13-;/m1./s1. The molecule has 1 saturated carbocycles. The van der Waals surface area contributed by atoms with E-state index in [1.54, 1.807) is 0 Å². The molecular weight excluding hydrogens is 222 g/mol. The summed E-state index contributed by atoms with van der Waals surface area (Å²) in [6.07, 6.45) is 3.86. The van der Waals surface area contributed by atoms with Gasteiger partial charge >= 0.3 is 0 Å². The lowest BCUT2D eigenvalue weighted by molar-refractivity contribution is 0.340. The molecule has 0 unspecified atom stereocenters. The van der Waals surface area contributed by atoms with Gasteiger partial charge in [-0.1, -0.05) is 25.0 Å². The van der Waals surface area contributed by atoms with Gasteiger partial charge in [0.1, 0.15) is 5.75 Å². The topological polar surface area (TPSA) is 35.2 Å². The summed E-state index contributed by atoms with van der Waals surface area (Å²) in [5.41, 5.74) is 7.35. The Hall–Kier alpha value is -0.730. The van der Waals surface area contributed by atoms with E-state index in [4.69, 9.17) is 10.5 Å². The van der Waals surface area contributed by atoms with Gasteiger partial charge in [-0.25, -0.2) is 0 Å². The Balaban J connectivity index is 0.00000128. The van der Waals surface area contributed by atoms with Gasteiger partial charge in [0.05, 0.1) is 6.61 Å². The SMILES string of the molecule is CCOc1ccc([C@H](N)CC2CC2)cc1.Cl. The average Bonchev–Trinajstić information content (AvgIpc) is 3.03. The van der Waals surface area contributed by atoms with Crippen LogP contribution in [0.4, 0.5) is 0 Å². The van der Waals surface area contributed by atoms with E-state index in [0.29, 0.717) is 6.61 Å². The van der Waals surface area contributed by atoms with Crippen molar-refractivity contribution < 1.29 is 4.74 Å². The molecule has 0 amide bonds. The fourth-order valence-electron chi connectivity index (χ4n) is 1.83. The van der Waals surface area contributed by atoms with Crippen LogP contribution in [0.5, 0.6) is 5.75 Å². The maximum Gasteiger partial charge on any atom is 0.119 e. The third kappa shape index (κ3) is 3.69. The van der Waals surface area contributed by atoms with Crippen molar-refractivity contribution in [2.45, 2.75) is 32.2 Å². The Morgan fingerprint density at radius 1 is 1.31 bits per heavy atom. The predicted molar refractivity (Wildman–Crippen MR) is 69.1 cm³/mol. The van der Waals surface area contributed by atoms with E-state index in [-0.39, 0.29) is 18.4 Å². The van der Waals surface area contributed by atoms with Crippen LogP contribution < -0.4 is 10.5 Å². The molecule has 0 bridgehead atoms. The average molecular weight is 242 g/mol. The molecule has 2 nitrogen and oxygen atoms in total.